The fraction of sp³-hybridized carbons (Fsp3) is 0.762. The van der Waals surface area contributed by atoms with E-state index in [1.807, 2.05) is 20.8 Å². The Hall–Kier alpha value is -2.25. The molecule has 2 heterocycles. The van der Waals surface area contributed by atoms with Crippen molar-refractivity contribution >= 4 is 12.0 Å². The van der Waals surface area contributed by atoms with Gasteiger partial charge in [0.25, 0.3) is 5.56 Å². The van der Waals surface area contributed by atoms with Crippen LogP contribution in [0.4, 0.5) is 10.7 Å². The van der Waals surface area contributed by atoms with Gasteiger partial charge in [0.1, 0.15) is 12.7 Å². The lowest BCUT2D eigenvalue weighted by Crippen LogP contribution is -2.44. The van der Waals surface area contributed by atoms with Crippen LogP contribution in [0.3, 0.4) is 0 Å². The van der Waals surface area contributed by atoms with Crippen LogP contribution < -0.4 is 15.7 Å². The molecule has 0 saturated heterocycles. The molecule has 2 aliphatic rings. The van der Waals surface area contributed by atoms with Crippen LogP contribution in [0.25, 0.3) is 0 Å². The van der Waals surface area contributed by atoms with Crippen LogP contribution in [0, 0.1) is 5.92 Å². The molecule has 8 heteroatoms. The van der Waals surface area contributed by atoms with E-state index in [1.54, 1.807) is 4.90 Å². The minimum atomic E-state index is -0.575. The molecular weight excluding hydrogens is 372 g/mol. The van der Waals surface area contributed by atoms with Crippen molar-refractivity contribution in [3.05, 3.63) is 21.6 Å². The molecule has 0 radical (unpaired) electrons. The summed E-state index contributed by atoms with van der Waals surface area (Å²) in [6.45, 7) is 6.91. The maximum Gasteiger partial charge on any atom is 0.410 e. The third kappa shape index (κ3) is 5.42. The van der Waals surface area contributed by atoms with Crippen LogP contribution in [-0.2, 0) is 17.7 Å². The molecule has 162 valence electrons. The topological polar surface area (TPSA) is 85.7 Å². The lowest BCUT2D eigenvalue weighted by Gasteiger charge is -2.31. The Kier molecular flexibility index (Phi) is 6.70. The first-order valence-corrected chi connectivity index (χ1v) is 10.7. The molecular formula is C21H34N4O4. The van der Waals surface area contributed by atoms with Crippen molar-refractivity contribution in [2.75, 3.05) is 25.5 Å². The zero-order valence-corrected chi connectivity index (χ0v) is 18.1. The summed E-state index contributed by atoms with van der Waals surface area (Å²) in [6, 6.07) is 0. The molecule has 1 fully saturated rings. The van der Waals surface area contributed by atoms with Crippen LogP contribution >= 0.6 is 0 Å². The summed E-state index contributed by atoms with van der Waals surface area (Å²) in [5.41, 5.74) is 0.366. The first-order chi connectivity index (χ1) is 13.8. The van der Waals surface area contributed by atoms with Gasteiger partial charge in [-0.3, -0.25) is 4.79 Å². The summed E-state index contributed by atoms with van der Waals surface area (Å²) in [7, 11) is 1.45. The second-order valence-corrected chi connectivity index (χ2v) is 9.01. The van der Waals surface area contributed by atoms with Crippen molar-refractivity contribution in [2.24, 2.45) is 5.92 Å². The predicted molar refractivity (Wildman–Crippen MR) is 111 cm³/mol. The third-order valence-corrected chi connectivity index (χ3v) is 5.59. The summed E-state index contributed by atoms with van der Waals surface area (Å²) in [5.74, 6) is 1.19. The Bertz CT molecular complexity index is 778. The normalized spacial score (nSPS) is 17.6. The molecule has 8 nitrogen and oxygen atoms in total. The van der Waals surface area contributed by atoms with Gasteiger partial charge in [0, 0.05) is 19.5 Å². The van der Waals surface area contributed by atoms with Crippen LogP contribution in [0.5, 0.6) is 0 Å². The van der Waals surface area contributed by atoms with Gasteiger partial charge in [-0.2, -0.15) is 0 Å². The molecule has 0 aromatic carbocycles. The van der Waals surface area contributed by atoms with Gasteiger partial charge in [-0.05, 0) is 33.1 Å². The highest BCUT2D eigenvalue weighted by molar-refractivity contribution is 5.68. The van der Waals surface area contributed by atoms with Crippen molar-refractivity contribution in [1.82, 2.24) is 14.6 Å². The van der Waals surface area contributed by atoms with E-state index in [9.17, 15) is 9.59 Å². The molecule has 0 unspecified atom stereocenters. The van der Waals surface area contributed by atoms with E-state index in [4.69, 9.17) is 9.57 Å². The van der Waals surface area contributed by atoms with Crippen LogP contribution in [-0.4, -0.2) is 46.5 Å². The van der Waals surface area contributed by atoms with Gasteiger partial charge >= 0.3 is 6.09 Å². The first-order valence-electron chi connectivity index (χ1n) is 10.7. The fourth-order valence-corrected chi connectivity index (χ4v) is 4.09. The largest absolute Gasteiger partial charge is 0.444 e. The van der Waals surface area contributed by atoms with E-state index >= 15 is 0 Å². The standard InChI is InChI=1S/C21H34N4O4/c1-21(2,3)29-20(27)24-13-11-17-16(14-24)18(26)25(28-4)19(23-17)22-12-10-15-8-6-5-7-9-15/h15H,5-14H2,1-4H3,(H,22,23). The quantitative estimate of drug-likeness (QED) is 0.809. The minimum Gasteiger partial charge on any atom is -0.444 e. The van der Waals surface area contributed by atoms with E-state index < -0.39 is 11.7 Å². The zero-order valence-electron chi connectivity index (χ0n) is 18.1. The van der Waals surface area contributed by atoms with Crippen LogP contribution in [0.15, 0.2) is 4.79 Å². The minimum absolute atomic E-state index is 0.182. The van der Waals surface area contributed by atoms with E-state index in [1.165, 1.54) is 43.9 Å². The van der Waals surface area contributed by atoms with E-state index in [-0.39, 0.29) is 12.1 Å². The van der Waals surface area contributed by atoms with Gasteiger partial charge in [-0.1, -0.05) is 32.1 Å². The second kappa shape index (κ2) is 9.05. The molecule has 0 bridgehead atoms. The average molecular weight is 407 g/mol. The Morgan fingerprint density at radius 1 is 1.24 bits per heavy atom. The Labute approximate surface area is 172 Å². The molecule has 3 rings (SSSR count). The van der Waals surface area contributed by atoms with Crippen LogP contribution in [0.2, 0.25) is 0 Å². The summed E-state index contributed by atoms with van der Waals surface area (Å²) >= 11 is 0. The van der Waals surface area contributed by atoms with Crippen molar-refractivity contribution in [2.45, 2.75) is 77.9 Å². The summed E-state index contributed by atoms with van der Waals surface area (Å²) in [5, 5.41) is 3.29. The van der Waals surface area contributed by atoms with Crippen molar-refractivity contribution in [3.8, 4) is 0 Å². The second-order valence-electron chi connectivity index (χ2n) is 9.01. The van der Waals surface area contributed by atoms with Gasteiger partial charge < -0.3 is 19.8 Å². The number of nitrogens with zero attached hydrogens (tertiary/aromatic N) is 3. The van der Waals surface area contributed by atoms with Crippen molar-refractivity contribution < 1.29 is 14.4 Å². The summed E-state index contributed by atoms with van der Waals surface area (Å²) in [4.78, 5) is 36.8. The molecule has 1 N–H and O–H groups in total. The Morgan fingerprint density at radius 2 is 1.97 bits per heavy atom. The Morgan fingerprint density at radius 3 is 2.62 bits per heavy atom. The highest BCUT2D eigenvalue weighted by Crippen LogP contribution is 2.26. The monoisotopic (exact) mass is 406 g/mol. The average Bonchev–Trinajstić information content (AvgIpc) is 2.67. The van der Waals surface area contributed by atoms with Gasteiger partial charge in [-0.25, -0.2) is 9.78 Å². The molecule has 1 aromatic heterocycles. The summed E-state index contributed by atoms with van der Waals surface area (Å²) < 4.78 is 6.63. The van der Waals surface area contributed by atoms with Crippen molar-refractivity contribution in [1.29, 1.82) is 0 Å². The first kappa shape index (κ1) is 21.5. The number of amides is 1. The third-order valence-electron chi connectivity index (χ3n) is 5.59. The van der Waals surface area contributed by atoms with Crippen molar-refractivity contribution in [3.63, 3.8) is 0 Å². The van der Waals surface area contributed by atoms with Crippen LogP contribution in [0.1, 0.15) is 70.6 Å². The molecule has 29 heavy (non-hydrogen) atoms. The number of carbonyl (C=O) groups excluding carboxylic acids is 1. The van der Waals surface area contributed by atoms with Gasteiger partial charge in [0.15, 0.2) is 0 Å². The van der Waals surface area contributed by atoms with E-state index in [0.717, 1.165) is 24.6 Å². The predicted octanol–water partition coefficient (Wildman–Crippen LogP) is 2.98. The number of nitrogens with one attached hydrogen (secondary N) is 1. The molecule has 1 aromatic rings. The van der Waals surface area contributed by atoms with Gasteiger partial charge in [0.2, 0.25) is 5.95 Å². The highest BCUT2D eigenvalue weighted by Gasteiger charge is 2.29. The van der Waals surface area contributed by atoms with Gasteiger partial charge in [-0.15, -0.1) is 4.73 Å². The molecule has 0 spiro atoms. The number of hydrogen-bond acceptors (Lipinski definition) is 6. The molecule has 0 atom stereocenters. The number of rotatable bonds is 5. The number of hydrogen-bond donors (Lipinski definition) is 1. The number of ether oxygens (including phenoxy) is 1. The van der Waals surface area contributed by atoms with Gasteiger partial charge in [0.05, 0.1) is 17.8 Å². The molecule has 1 aliphatic heterocycles. The lowest BCUT2D eigenvalue weighted by atomic mass is 9.87. The number of carbonyl (C=O) groups is 1. The molecule has 1 saturated carbocycles. The number of anilines is 1. The maximum absolute atomic E-state index is 13.0. The van der Waals surface area contributed by atoms with E-state index in [2.05, 4.69) is 10.3 Å². The molecule has 1 amide bonds. The fourth-order valence-electron chi connectivity index (χ4n) is 4.09. The Balaban J connectivity index is 1.70. The number of aromatic nitrogens is 2. The maximum atomic E-state index is 13.0. The summed E-state index contributed by atoms with van der Waals surface area (Å²) in [6.07, 6.45) is 7.74. The smallest absolute Gasteiger partial charge is 0.410 e. The zero-order chi connectivity index (χ0) is 21.0. The lowest BCUT2D eigenvalue weighted by molar-refractivity contribution is 0.0219. The van der Waals surface area contributed by atoms with E-state index in [0.29, 0.717) is 24.5 Å². The molecule has 1 aliphatic carbocycles. The highest BCUT2D eigenvalue weighted by atomic mass is 16.7. The number of fused-ring (bicyclic) bond motifs is 1. The SMILES string of the molecule is COn1c(NCCC2CCCCC2)nc2c(c1=O)CN(C(=O)OC(C)(C)C)CC2.